The van der Waals surface area contributed by atoms with Crippen molar-refractivity contribution in [3.63, 3.8) is 0 Å². The van der Waals surface area contributed by atoms with E-state index in [-0.39, 0.29) is 23.7 Å². The van der Waals surface area contributed by atoms with Crippen LogP contribution in [-0.2, 0) is 4.74 Å². The van der Waals surface area contributed by atoms with Gasteiger partial charge < -0.3 is 15.2 Å². The van der Waals surface area contributed by atoms with Gasteiger partial charge in [-0.15, -0.1) is 0 Å². The zero-order valence-corrected chi connectivity index (χ0v) is 11.4. The fourth-order valence-corrected chi connectivity index (χ4v) is 1.65. The third-order valence-electron chi connectivity index (χ3n) is 2.66. The summed E-state index contributed by atoms with van der Waals surface area (Å²) in [6.07, 6.45) is 1.47. The predicted molar refractivity (Wildman–Crippen MR) is 75.4 cm³/mol. The number of rotatable bonds is 10. The molecule has 0 heterocycles. The Kier molecular flexibility index (Phi) is 7.05. The number of nitro groups is 2. The van der Waals surface area contributed by atoms with Crippen LogP contribution in [-0.4, -0.2) is 41.3 Å². The van der Waals surface area contributed by atoms with E-state index in [0.29, 0.717) is 19.8 Å². The van der Waals surface area contributed by atoms with Crippen molar-refractivity contribution >= 4 is 17.1 Å². The fourth-order valence-electron chi connectivity index (χ4n) is 1.65. The van der Waals surface area contributed by atoms with Crippen molar-refractivity contribution in [2.75, 3.05) is 31.7 Å². The molecule has 0 spiro atoms. The van der Waals surface area contributed by atoms with E-state index in [0.717, 1.165) is 18.9 Å². The van der Waals surface area contributed by atoms with Crippen molar-refractivity contribution in [3.8, 4) is 0 Å². The standard InChI is InChI=1S/C12H17N3O6/c16-6-8-21-7-2-1-5-13-11-4-3-10(14(17)18)9-12(11)15(19)20/h3-4,9,13,16H,1-2,5-8H2. The molecule has 0 amide bonds. The summed E-state index contributed by atoms with van der Waals surface area (Å²) in [4.78, 5) is 20.2. The minimum atomic E-state index is -0.671. The third kappa shape index (κ3) is 5.71. The van der Waals surface area contributed by atoms with Crippen molar-refractivity contribution in [2.24, 2.45) is 0 Å². The molecule has 0 unspecified atom stereocenters. The molecule has 2 N–H and O–H groups in total. The maximum Gasteiger partial charge on any atom is 0.299 e. The first-order chi connectivity index (χ1) is 10.1. The number of aliphatic hydroxyl groups is 1. The molecule has 0 aliphatic heterocycles. The van der Waals surface area contributed by atoms with Crippen molar-refractivity contribution < 1.29 is 19.7 Å². The summed E-state index contributed by atoms with van der Waals surface area (Å²) in [7, 11) is 0. The lowest BCUT2D eigenvalue weighted by Crippen LogP contribution is -2.07. The number of anilines is 1. The summed E-state index contributed by atoms with van der Waals surface area (Å²) >= 11 is 0. The van der Waals surface area contributed by atoms with Gasteiger partial charge in [0.05, 0.1) is 29.1 Å². The van der Waals surface area contributed by atoms with Gasteiger partial charge in [-0.2, -0.15) is 0 Å². The van der Waals surface area contributed by atoms with E-state index in [1.54, 1.807) is 0 Å². The van der Waals surface area contributed by atoms with Gasteiger partial charge in [0.1, 0.15) is 5.69 Å². The highest BCUT2D eigenvalue weighted by molar-refractivity contribution is 5.65. The van der Waals surface area contributed by atoms with Crippen LogP contribution in [0.1, 0.15) is 12.8 Å². The number of aliphatic hydroxyl groups excluding tert-OH is 1. The average Bonchev–Trinajstić information content (AvgIpc) is 2.46. The molecule has 116 valence electrons. The molecular weight excluding hydrogens is 282 g/mol. The molecule has 9 heteroatoms. The highest BCUT2D eigenvalue weighted by atomic mass is 16.6. The van der Waals surface area contributed by atoms with Crippen LogP contribution in [0.25, 0.3) is 0 Å². The molecule has 0 atom stereocenters. The second kappa shape index (κ2) is 8.82. The molecule has 1 aromatic rings. The number of ether oxygens (including phenoxy) is 1. The lowest BCUT2D eigenvalue weighted by molar-refractivity contribution is -0.393. The van der Waals surface area contributed by atoms with Crippen molar-refractivity contribution in [3.05, 3.63) is 38.4 Å². The minimum absolute atomic E-state index is 0.0206. The van der Waals surface area contributed by atoms with E-state index >= 15 is 0 Å². The van der Waals surface area contributed by atoms with Gasteiger partial charge in [-0.1, -0.05) is 0 Å². The molecule has 0 saturated heterocycles. The predicted octanol–water partition coefficient (Wildman–Crippen LogP) is 1.70. The first-order valence-corrected chi connectivity index (χ1v) is 6.41. The van der Waals surface area contributed by atoms with Gasteiger partial charge in [-0.05, 0) is 18.9 Å². The van der Waals surface area contributed by atoms with E-state index in [4.69, 9.17) is 9.84 Å². The van der Waals surface area contributed by atoms with Crippen LogP contribution < -0.4 is 5.32 Å². The normalized spacial score (nSPS) is 10.3. The Morgan fingerprint density at radius 1 is 1.14 bits per heavy atom. The van der Waals surface area contributed by atoms with Crippen LogP contribution in [0, 0.1) is 20.2 Å². The first kappa shape index (κ1) is 16.8. The van der Waals surface area contributed by atoms with E-state index in [2.05, 4.69) is 5.32 Å². The van der Waals surface area contributed by atoms with Crippen LogP contribution >= 0.6 is 0 Å². The topological polar surface area (TPSA) is 128 Å². The lowest BCUT2D eigenvalue weighted by Gasteiger charge is -2.07. The van der Waals surface area contributed by atoms with Crippen molar-refractivity contribution in [1.29, 1.82) is 0 Å². The number of benzene rings is 1. The Labute approximate surface area is 120 Å². The molecule has 0 saturated carbocycles. The first-order valence-electron chi connectivity index (χ1n) is 6.41. The molecule has 0 aliphatic rings. The second-order valence-electron chi connectivity index (χ2n) is 4.19. The SMILES string of the molecule is O=[N+]([O-])c1ccc(NCCCCOCCO)c([N+](=O)[O-])c1. The summed E-state index contributed by atoms with van der Waals surface area (Å²) in [5.41, 5.74) is -0.382. The van der Waals surface area contributed by atoms with Gasteiger partial charge >= 0.3 is 0 Å². The van der Waals surface area contributed by atoms with Crippen LogP contribution in [0.2, 0.25) is 0 Å². The highest BCUT2D eigenvalue weighted by Crippen LogP contribution is 2.28. The molecular formula is C12H17N3O6. The van der Waals surface area contributed by atoms with Crippen LogP contribution in [0.15, 0.2) is 18.2 Å². The molecule has 1 aromatic carbocycles. The Morgan fingerprint density at radius 2 is 1.90 bits per heavy atom. The highest BCUT2D eigenvalue weighted by Gasteiger charge is 2.18. The minimum Gasteiger partial charge on any atom is -0.394 e. The smallest absolute Gasteiger partial charge is 0.299 e. The summed E-state index contributed by atoms with van der Waals surface area (Å²) < 4.78 is 5.08. The number of nitrogens with zero attached hydrogens (tertiary/aromatic N) is 2. The fraction of sp³-hybridized carbons (Fsp3) is 0.500. The quantitative estimate of drug-likeness (QED) is 0.382. The van der Waals surface area contributed by atoms with Gasteiger partial charge in [-0.25, -0.2) is 0 Å². The largest absolute Gasteiger partial charge is 0.394 e. The number of nitrogens with one attached hydrogen (secondary N) is 1. The van der Waals surface area contributed by atoms with Gasteiger partial charge in [0.25, 0.3) is 11.4 Å². The van der Waals surface area contributed by atoms with Gasteiger partial charge in [0.15, 0.2) is 0 Å². The Bertz CT molecular complexity index is 494. The van der Waals surface area contributed by atoms with Gasteiger partial charge in [0, 0.05) is 19.2 Å². The molecule has 0 bridgehead atoms. The molecule has 0 aromatic heterocycles. The second-order valence-corrected chi connectivity index (χ2v) is 4.19. The van der Waals surface area contributed by atoms with Crippen molar-refractivity contribution in [2.45, 2.75) is 12.8 Å². The number of hydrogen-bond donors (Lipinski definition) is 2. The monoisotopic (exact) mass is 299 g/mol. The lowest BCUT2D eigenvalue weighted by atomic mass is 10.2. The Hall–Kier alpha value is -2.26. The number of unbranched alkanes of at least 4 members (excludes halogenated alkanes) is 1. The van der Waals surface area contributed by atoms with E-state index in [1.807, 2.05) is 0 Å². The van der Waals surface area contributed by atoms with Crippen molar-refractivity contribution in [1.82, 2.24) is 0 Å². The maximum atomic E-state index is 10.9. The van der Waals surface area contributed by atoms with Crippen LogP contribution in [0.5, 0.6) is 0 Å². The summed E-state index contributed by atoms with van der Waals surface area (Å²) in [5.74, 6) is 0. The zero-order valence-electron chi connectivity index (χ0n) is 11.4. The zero-order chi connectivity index (χ0) is 15.7. The number of non-ortho nitro benzene ring substituents is 1. The Morgan fingerprint density at radius 3 is 2.52 bits per heavy atom. The molecule has 0 radical (unpaired) electrons. The van der Waals surface area contributed by atoms with Gasteiger partial charge in [0.2, 0.25) is 0 Å². The molecule has 0 fully saturated rings. The van der Waals surface area contributed by atoms with E-state index in [1.165, 1.54) is 12.1 Å². The third-order valence-corrected chi connectivity index (χ3v) is 2.66. The van der Waals surface area contributed by atoms with Gasteiger partial charge in [-0.3, -0.25) is 20.2 Å². The summed E-state index contributed by atoms with van der Waals surface area (Å²) in [6.45, 7) is 1.26. The molecule has 0 aliphatic carbocycles. The van der Waals surface area contributed by atoms with Crippen LogP contribution in [0.3, 0.4) is 0 Å². The maximum absolute atomic E-state index is 10.9. The molecule has 1 rings (SSSR count). The summed E-state index contributed by atoms with van der Waals surface area (Å²) in [5, 5.41) is 32.9. The Balaban J connectivity index is 2.51. The van der Waals surface area contributed by atoms with Crippen LogP contribution in [0.4, 0.5) is 17.1 Å². The van der Waals surface area contributed by atoms with E-state index in [9.17, 15) is 20.2 Å². The molecule has 21 heavy (non-hydrogen) atoms. The average molecular weight is 299 g/mol. The molecule has 9 nitrogen and oxygen atoms in total. The number of nitro benzene ring substituents is 2. The number of hydrogen-bond acceptors (Lipinski definition) is 7. The van der Waals surface area contributed by atoms with E-state index < -0.39 is 9.85 Å². The summed E-state index contributed by atoms with van der Waals surface area (Å²) in [6, 6.07) is 3.49.